The summed E-state index contributed by atoms with van der Waals surface area (Å²) in [4.78, 5) is 14.5. The average molecular weight is 264 g/mol. The van der Waals surface area contributed by atoms with Crippen molar-refractivity contribution in [2.24, 2.45) is 13.0 Å². The van der Waals surface area contributed by atoms with Gasteiger partial charge < -0.3 is 10.2 Å². The molecule has 19 heavy (non-hydrogen) atoms. The van der Waals surface area contributed by atoms with E-state index < -0.39 is 0 Å². The van der Waals surface area contributed by atoms with Crippen LogP contribution in [0.5, 0.6) is 0 Å². The fraction of sp³-hybridized carbons (Fsp3) is 0.714. The number of nitrogens with zero attached hydrogens (tertiary/aromatic N) is 3. The number of carbonyl (C=O) groups excluding carboxylic acids is 1. The topological polar surface area (TPSA) is 50.2 Å². The van der Waals surface area contributed by atoms with E-state index in [1.54, 1.807) is 4.68 Å². The van der Waals surface area contributed by atoms with Gasteiger partial charge in [0.15, 0.2) is 0 Å². The van der Waals surface area contributed by atoms with Gasteiger partial charge in [0.05, 0.1) is 11.3 Å². The molecule has 1 aliphatic rings. The second-order valence-corrected chi connectivity index (χ2v) is 5.36. The number of carbonyl (C=O) groups is 1. The van der Waals surface area contributed by atoms with Gasteiger partial charge >= 0.3 is 0 Å². The lowest BCUT2D eigenvalue weighted by molar-refractivity contribution is 0.0728. The second kappa shape index (κ2) is 6.19. The van der Waals surface area contributed by atoms with Crippen LogP contribution in [0.4, 0.5) is 0 Å². The smallest absolute Gasteiger partial charge is 0.257 e. The van der Waals surface area contributed by atoms with Crippen molar-refractivity contribution in [2.45, 2.75) is 26.7 Å². The Kier molecular flexibility index (Phi) is 4.58. The van der Waals surface area contributed by atoms with Gasteiger partial charge in [0.1, 0.15) is 0 Å². The zero-order valence-corrected chi connectivity index (χ0v) is 12.1. The number of aromatic nitrogens is 2. The zero-order valence-electron chi connectivity index (χ0n) is 12.1. The summed E-state index contributed by atoms with van der Waals surface area (Å²) < 4.78 is 1.71. The van der Waals surface area contributed by atoms with Gasteiger partial charge in [0.25, 0.3) is 5.91 Å². The molecule has 1 unspecified atom stereocenters. The van der Waals surface area contributed by atoms with Crippen molar-refractivity contribution >= 4 is 5.91 Å². The minimum atomic E-state index is 0.110. The second-order valence-electron chi connectivity index (χ2n) is 5.36. The normalized spacial score (nSPS) is 19.4. The quantitative estimate of drug-likeness (QED) is 0.888. The van der Waals surface area contributed by atoms with Gasteiger partial charge in [-0.25, -0.2) is 0 Å². The minimum absolute atomic E-state index is 0.110. The maximum atomic E-state index is 12.5. The summed E-state index contributed by atoms with van der Waals surface area (Å²) in [5.74, 6) is 0.688. The van der Waals surface area contributed by atoms with E-state index in [9.17, 15) is 4.79 Å². The molecule has 1 atom stereocenters. The molecular weight excluding hydrogens is 240 g/mol. The largest absolute Gasteiger partial charge is 0.338 e. The third kappa shape index (κ3) is 3.35. The van der Waals surface area contributed by atoms with Crippen molar-refractivity contribution in [1.82, 2.24) is 20.0 Å². The molecule has 1 aromatic rings. The van der Waals surface area contributed by atoms with Gasteiger partial charge in [-0.15, -0.1) is 0 Å². The zero-order chi connectivity index (χ0) is 13.8. The van der Waals surface area contributed by atoms with E-state index in [1.807, 2.05) is 32.0 Å². The van der Waals surface area contributed by atoms with Crippen LogP contribution in [0.3, 0.4) is 0 Å². The Bertz CT molecular complexity index is 435. The van der Waals surface area contributed by atoms with Crippen LogP contribution in [-0.2, 0) is 7.05 Å². The third-order valence-electron chi connectivity index (χ3n) is 3.79. The van der Waals surface area contributed by atoms with Gasteiger partial charge in [0, 0.05) is 26.3 Å². The molecule has 1 fully saturated rings. The van der Waals surface area contributed by atoms with Crippen LogP contribution in [0, 0.1) is 12.8 Å². The summed E-state index contributed by atoms with van der Waals surface area (Å²) in [5.41, 5.74) is 1.54. The van der Waals surface area contributed by atoms with Crippen LogP contribution >= 0.6 is 0 Å². The summed E-state index contributed by atoms with van der Waals surface area (Å²) in [6.07, 6.45) is 4.24. The van der Waals surface area contributed by atoms with E-state index in [2.05, 4.69) is 10.4 Å². The number of hydrogen-bond donors (Lipinski definition) is 1. The number of nitrogens with one attached hydrogen (secondary N) is 1. The Balaban J connectivity index is 2.04. The van der Waals surface area contributed by atoms with Crippen molar-refractivity contribution in [3.63, 3.8) is 0 Å². The maximum absolute atomic E-state index is 12.5. The lowest BCUT2D eigenvalue weighted by Crippen LogP contribution is -2.41. The van der Waals surface area contributed by atoms with Gasteiger partial charge in [-0.2, -0.15) is 5.10 Å². The summed E-state index contributed by atoms with van der Waals surface area (Å²) in [6, 6.07) is 0. The Labute approximate surface area is 115 Å². The van der Waals surface area contributed by atoms with E-state index in [1.165, 1.54) is 12.8 Å². The maximum Gasteiger partial charge on any atom is 0.257 e. The number of hydrogen-bond acceptors (Lipinski definition) is 3. The highest BCUT2D eigenvalue weighted by atomic mass is 16.2. The van der Waals surface area contributed by atoms with Crippen molar-refractivity contribution < 1.29 is 4.79 Å². The Hall–Kier alpha value is -1.36. The lowest BCUT2D eigenvalue weighted by atomic mass is 9.99. The highest BCUT2D eigenvalue weighted by Gasteiger charge is 2.22. The number of aryl methyl sites for hydroxylation is 2. The highest BCUT2D eigenvalue weighted by Crippen LogP contribution is 2.15. The van der Waals surface area contributed by atoms with Gasteiger partial charge in [-0.3, -0.25) is 9.48 Å². The molecule has 5 heteroatoms. The molecule has 0 saturated carbocycles. The fourth-order valence-electron chi connectivity index (χ4n) is 2.73. The first kappa shape index (κ1) is 14.1. The van der Waals surface area contributed by atoms with E-state index in [0.29, 0.717) is 5.92 Å². The van der Waals surface area contributed by atoms with E-state index in [4.69, 9.17) is 0 Å². The van der Waals surface area contributed by atoms with E-state index in [0.717, 1.165) is 37.4 Å². The molecule has 1 aromatic heterocycles. The summed E-state index contributed by atoms with van der Waals surface area (Å²) in [6.45, 7) is 7.66. The van der Waals surface area contributed by atoms with Crippen LogP contribution in [0.2, 0.25) is 0 Å². The van der Waals surface area contributed by atoms with Crippen LogP contribution in [0.15, 0.2) is 6.20 Å². The van der Waals surface area contributed by atoms with Crippen molar-refractivity contribution in [3.05, 3.63) is 17.5 Å². The molecule has 0 bridgehead atoms. The summed E-state index contributed by atoms with van der Waals surface area (Å²) in [5, 5.41) is 7.66. The van der Waals surface area contributed by atoms with Gasteiger partial charge in [-0.05, 0) is 45.7 Å². The predicted octanol–water partition coefficient (Wildman–Crippen LogP) is 1.19. The first-order valence-electron chi connectivity index (χ1n) is 7.12. The van der Waals surface area contributed by atoms with E-state index in [-0.39, 0.29) is 5.91 Å². The molecule has 1 amide bonds. The standard InChI is InChI=1S/C14H24N4O/c1-4-18(9-12-6-5-7-15-8-12)14(19)13-10-17(3)16-11(13)2/h10,12,15H,4-9H2,1-3H3. The molecule has 1 N–H and O–H groups in total. The molecule has 0 aliphatic carbocycles. The SMILES string of the molecule is CCN(CC1CCCNC1)C(=O)c1cn(C)nc1C. The molecule has 5 nitrogen and oxygen atoms in total. The highest BCUT2D eigenvalue weighted by molar-refractivity contribution is 5.95. The number of rotatable bonds is 4. The van der Waals surface area contributed by atoms with Crippen molar-refractivity contribution in [1.29, 1.82) is 0 Å². The lowest BCUT2D eigenvalue weighted by Gasteiger charge is -2.29. The summed E-state index contributed by atoms with van der Waals surface area (Å²) >= 11 is 0. The van der Waals surface area contributed by atoms with Gasteiger partial charge in [-0.1, -0.05) is 0 Å². The van der Waals surface area contributed by atoms with Gasteiger partial charge in [0.2, 0.25) is 0 Å². The Morgan fingerprint density at radius 1 is 1.63 bits per heavy atom. The molecule has 0 aromatic carbocycles. The minimum Gasteiger partial charge on any atom is -0.338 e. The van der Waals surface area contributed by atoms with Crippen molar-refractivity contribution in [2.75, 3.05) is 26.2 Å². The first-order valence-corrected chi connectivity index (χ1v) is 7.12. The monoisotopic (exact) mass is 264 g/mol. The predicted molar refractivity (Wildman–Crippen MR) is 75.1 cm³/mol. The van der Waals surface area contributed by atoms with E-state index >= 15 is 0 Å². The Morgan fingerprint density at radius 3 is 2.95 bits per heavy atom. The van der Waals surface area contributed by atoms with Crippen LogP contribution in [0.25, 0.3) is 0 Å². The third-order valence-corrected chi connectivity index (χ3v) is 3.79. The molecule has 2 heterocycles. The molecule has 106 valence electrons. The molecule has 1 saturated heterocycles. The summed E-state index contributed by atoms with van der Waals surface area (Å²) in [7, 11) is 1.85. The van der Waals surface area contributed by atoms with Crippen LogP contribution < -0.4 is 5.32 Å². The molecule has 0 spiro atoms. The fourth-order valence-corrected chi connectivity index (χ4v) is 2.73. The first-order chi connectivity index (χ1) is 9.11. The number of piperidine rings is 1. The van der Waals surface area contributed by atoms with Crippen LogP contribution in [-0.4, -0.2) is 46.8 Å². The molecule has 1 aliphatic heterocycles. The Morgan fingerprint density at radius 2 is 2.42 bits per heavy atom. The molecular formula is C14H24N4O. The number of amides is 1. The molecule has 0 radical (unpaired) electrons. The molecule has 2 rings (SSSR count). The van der Waals surface area contributed by atoms with Crippen LogP contribution in [0.1, 0.15) is 35.8 Å². The van der Waals surface area contributed by atoms with Crippen molar-refractivity contribution in [3.8, 4) is 0 Å². The average Bonchev–Trinajstić information content (AvgIpc) is 2.75.